The highest BCUT2D eigenvalue weighted by molar-refractivity contribution is 7.88. The van der Waals surface area contributed by atoms with Gasteiger partial charge >= 0.3 is 6.09 Å². The monoisotopic (exact) mass is 440 g/mol. The van der Waals surface area contributed by atoms with Crippen LogP contribution in [0.15, 0.2) is 24.3 Å². The number of amides is 1. The van der Waals surface area contributed by atoms with Gasteiger partial charge in [-0.05, 0) is 24.3 Å². The van der Waals surface area contributed by atoms with Crippen LogP contribution in [0.25, 0.3) is 0 Å². The molecule has 1 atom stereocenters. The predicted molar refractivity (Wildman–Crippen MR) is 118 cm³/mol. The second kappa shape index (κ2) is 8.85. The molecule has 0 aliphatic carbocycles. The summed E-state index contributed by atoms with van der Waals surface area (Å²) in [6, 6.07) is 7.71. The highest BCUT2D eigenvalue weighted by Gasteiger charge is 2.32. The average Bonchev–Trinajstić information content (AvgIpc) is 3.06. The molecule has 1 amide bonds. The van der Waals surface area contributed by atoms with E-state index < -0.39 is 10.0 Å². The molecule has 2 saturated heterocycles. The Bertz CT molecular complexity index is 849. The number of ether oxygens (including phenoxy) is 1. The van der Waals surface area contributed by atoms with Gasteiger partial charge in [0, 0.05) is 43.5 Å². The molecule has 0 unspecified atom stereocenters. The van der Waals surface area contributed by atoms with Crippen molar-refractivity contribution in [2.45, 2.75) is 20.0 Å². The van der Waals surface area contributed by atoms with Crippen molar-refractivity contribution in [1.29, 1.82) is 0 Å². The van der Waals surface area contributed by atoms with E-state index in [1.54, 1.807) is 4.90 Å². The number of hydrogen-bond acceptors (Lipinski definition) is 6. The molecule has 3 rings (SSSR count). The third-order valence-corrected chi connectivity index (χ3v) is 7.06. The zero-order valence-electron chi connectivity index (χ0n) is 17.0. The molecule has 10 heteroatoms. The molecular weight excluding hydrogens is 412 g/mol. The number of carbonyl (C=O) groups excluding carboxylic acids is 1. The Balaban J connectivity index is 1.56. The number of sulfonamides is 1. The first-order valence-electron chi connectivity index (χ1n) is 9.71. The van der Waals surface area contributed by atoms with Crippen molar-refractivity contribution < 1.29 is 17.9 Å². The van der Waals surface area contributed by atoms with E-state index in [2.05, 4.69) is 10.2 Å². The number of carbonyl (C=O) groups is 1. The molecule has 8 nitrogen and oxygen atoms in total. The Labute approximate surface area is 177 Å². The molecule has 0 aromatic heterocycles. The Morgan fingerprint density at radius 2 is 1.76 bits per heavy atom. The fourth-order valence-corrected chi connectivity index (χ4v) is 4.29. The van der Waals surface area contributed by atoms with E-state index in [1.165, 1.54) is 10.6 Å². The van der Waals surface area contributed by atoms with E-state index in [0.717, 1.165) is 16.4 Å². The van der Waals surface area contributed by atoms with E-state index in [0.29, 0.717) is 39.3 Å². The Kier molecular flexibility index (Phi) is 6.65. The summed E-state index contributed by atoms with van der Waals surface area (Å²) in [7, 11) is -3.14. The number of piperazine rings is 1. The fraction of sp³-hybridized carbons (Fsp3) is 0.579. The van der Waals surface area contributed by atoms with Gasteiger partial charge in [-0.3, -0.25) is 4.90 Å². The molecule has 2 aliphatic rings. The topological polar surface area (TPSA) is 82.2 Å². The second-order valence-electron chi connectivity index (χ2n) is 7.68. The van der Waals surface area contributed by atoms with Crippen LogP contribution in [-0.2, 0) is 14.8 Å². The molecule has 29 heavy (non-hydrogen) atoms. The van der Waals surface area contributed by atoms with Crippen molar-refractivity contribution in [3.63, 3.8) is 0 Å². The number of thiocarbonyl (C=S) groups is 1. The van der Waals surface area contributed by atoms with Crippen LogP contribution in [0.1, 0.15) is 13.8 Å². The molecule has 2 heterocycles. The number of anilines is 2. The third-order valence-electron chi connectivity index (χ3n) is 5.14. The minimum Gasteiger partial charge on any atom is -0.442 e. The summed E-state index contributed by atoms with van der Waals surface area (Å²) in [6.07, 6.45) is 0.635. The largest absolute Gasteiger partial charge is 0.442 e. The lowest BCUT2D eigenvalue weighted by atomic mass is 10.2. The minimum atomic E-state index is -3.14. The Morgan fingerprint density at radius 3 is 2.31 bits per heavy atom. The first kappa shape index (κ1) is 21.8. The van der Waals surface area contributed by atoms with Gasteiger partial charge in [-0.1, -0.05) is 26.1 Å². The molecule has 2 fully saturated rings. The van der Waals surface area contributed by atoms with Gasteiger partial charge in [0.2, 0.25) is 10.0 Å². The Morgan fingerprint density at radius 1 is 1.17 bits per heavy atom. The van der Waals surface area contributed by atoms with E-state index in [-0.39, 0.29) is 18.1 Å². The molecule has 1 aromatic rings. The summed E-state index contributed by atoms with van der Waals surface area (Å²) < 4.78 is 30.2. The number of nitrogens with one attached hydrogen (secondary N) is 1. The number of nitrogens with zero attached hydrogens (tertiary/aromatic N) is 3. The van der Waals surface area contributed by atoms with Gasteiger partial charge < -0.3 is 15.0 Å². The van der Waals surface area contributed by atoms with Crippen LogP contribution in [0.3, 0.4) is 0 Å². The van der Waals surface area contributed by atoms with Gasteiger partial charge in [0.1, 0.15) is 6.10 Å². The van der Waals surface area contributed by atoms with Crippen LogP contribution in [0.5, 0.6) is 0 Å². The number of rotatable bonds is 6. The van der Waals surface area contributed by atoms with Crippen molar-refractivity contribution in [2.75, 3.05) is 55.3 Å². The maximum absolute atomic E-state index is 12.3. The molecule has 0 bridgehead atoms. The van der Waals surface area contributed by atoms with Gasteiger partial charge in [0.25, 0.3) is 0 Å². The number of cyclic esters (lactones) is 1. The molecule has 160 valence electrons. The first-order valence-corrected chi connectivity index (χ1v) is 12.0. The molecule has 1 aromatic carbocycles. The van der Waals surface area contributed by atoms with Gasteiger partial charge in [-0.2, -0.15) is 4.31 Å². The molecule has 1 N–H and O–H groups in total. The Hall–Kier alpha value is -1.91. The van der Waals surface area contributed by atoms with E-state index in [1.807, 2.05) is 38.1 Å². The first-order chi connectivity index (χ1) is 13.6. The predicted octanol–water partition coefficient (Wildman–Crippen LogP) is 1.67. The summed E-state index contributed by atoms with van der Waals surface area (Å²) in [6.45, 7) is 7.25. The lowest BCUT2D eigenvalue weighted by Crippen LogP contribution is -2.48. The van der Waals surface area contributed by atoms with Crippen molar-refractivity contribution in [3.05, 3.63) is 24.3 Å². The van der Waals surface area contributed by atoms with Crippen LogP contribution in [-0.4, -0.2) is 75.4 Å². The summed E-state index contributed by atoms with van der Waals surface area (Å²) in [5.41, 5.74) is 1.79. The van der Waals surface area contributed by atoms with E-state index in [9.17, 15) is 13.2 Å². The lowest BCUT2D eigenvalue weighted by molar-refractivity contribution is 0.143. The third kappa shape index (κ3) is 5.37. The van der Waals surface area contributed by atoms with Gasteiger partial charge in [0.05, 0.1) is 24.3 Å². The van der Waals surface area contributed by atoms with E-state index >= 15 is 0 Å². The van der Waals surface area contributed by atoms with Crippen molar-refractivity contribution in [1.82, 2.24) is 9.62 Å². The highest BCUT2D eigenvalue weighted by Crippen LogP contribution is 2.25. The summed E-state index contributed by atoms with van der Waals surface area (Å²) in [5, 5.41) is 3.16. The fourth-order valence-electron chi connectivity index (χ4n) is 3.38. The van der Waals surface area contributed by atoms with Gasteiger partial charge in [-0.25, -0.2) is 13.2 Å². The number of benzene rings is 1. The quantitative estimate of drug-likeness (QED) is 0.674. The SMILES string of the molecule is CC(C)C(=S)NC[C@H]1CN(c2ccc(N3CCN(S(C)(=O)=O)CC3)cc2)C(=O)O1. The van der Waals surface area contributed by atoms with Crippen LogP contribution in [0.2, 0.25) is 0 Å². The number of hydrogen-bond donors (Lipinski definition) is 1. The normalized spacial score (nSPS) is 20.8. The van der Waals surface area contributed by atoms with Crippen LogP contribution in [0, 0.1) is 5.92 Å². The maximum atomic E-state index is 12.3. The average molecular weight is 441 g/mol. The second-order valence-corrected chi connectivity index (χ2v) is 10.1. The highest BCUT2D eigenvalue weighted by atomic mass is 32.2. The van der Waals surface area contributed by atoms with Crippen molar-refractivity contribution >= 4 is 44.7 Å². The van der Waals surface area contributed by atoms with Gasteiger partial charge in [-0.15, -0.1) is 0 Å². The molecule has 0 spiro atoms. The molecule has 0 saturated carbocycles. The minimum absolute atomic E-state index is 0.247. The smallest absolute Gasteiger partial charge is 0.414 e. The zero-order chi connectivity index (χ0) is 21.2. The molecule has 2 aliphatic heterocycles. The lowest BCUT2D eigenvalue weighted by Gasteiger charge is -2.34. The van der Waals surface area contributed by atoms with Crippen molar-refractivity contribution in [3.8, 4) is 0 Å². The van der Waals surface area contributed by atoms with Crippen molar-refractivity contribution in [2.24, 2.45) is 5.92 Å². The van der Waals surface area contributed by atoms with E-state index in [4.69, 9.17) is 17.0 Å². The molecule has 0 radical (unpaired) electrons. The van der Waals surface area contributed by atoms with Crippen LogP contribution >= 0.6 is 12.2 Å². The van der Waals surface area contributed by atoms with Gasteiger partial charge in [0.15, 0.2) is 0 Å². The summed E-state index contributed by atoms with van der Waals surface area (Å²) in [4.78, 5) is 16.8. The van der Waals surface area contributed by atoms with Crippen LogP contribution < -0.4 is 15.1 Å². The maximum Gasteiger partial charge on any atom is 0.414 e. The standard InChI is InChI=1S/C19H28N4O4S2/c1-14(2)18(28)20-12-17-13-23(19(24)27-17)16-6-4-15(5-7-16)21-8-10-22(11-9-21)29(3,25)26/h4-7,14,17H,8-13H2,1-3H3,(H,20,28)/t17-/m0/s1. The zero-order valence-corrected chi connectivity index (χ0v) is 18.6. The summed E-state index contributed by atoms with van der Waals surface area (Å²) >= 11 is 5.26. The summed E-state index contributed by atoms with van der Waals surface area (Å²) in [5.74, 6) is 0.255. The van der Waals surface area contributed by atoms with Crippen LogP contribution in [0.4, 0.5) is 16.2 Å². The molecular formula is C19H28N4O4S2.